The molecule has 0 saturated heterocycles. The summed E-state index contributed by atoms with van der Waals surface area (Å²) in [6, 6.07) is 7.59. The number of hydrogen-bond donors (Lipinski definition) is 2. The molecule has 6 heteroatoms. The number of allylic oxidation sites excluding steroid dienone is 1. The maximum absolute atomic E-state index is 12.0. The van der Waals surface area contributed by atoms with E-state index in [0.717, 1.165) is 11.1 Å². The Hall–Kier alpha value is -1.92. The van der Waals surface area contributed by atoms with Crippen LogP contribution in [-0.2, 0) is 19.7 Å². The number of nitrogens with zero attached hydrogens (tertiary/aromatic N) is 2. The van der Waals surface area contributed by atoms with Crippen molar-refractivity contribution in [2.45, 2.75) is 19.7 Å². The first-order chi connectivity index (χ1) is 10.2. The van der Waals surface area contributed by atoms with E-state index in [1.54, 1.807) is 12.3 Å². The van der Waals surface area contributed by atoms with Crippen LogP contribution in [-0.4, -0.2) is 14.9 Å². The van der Waals surface area contributed by atoms with Crippen molar-refractivity contribution in [3.63, 3.8) is 0 Å². The molecule has 0 amide bonds. The van der Waals surface area contributed by atoms with Crippen molar-refractivity contribution >= 4 is 21.6 Å². The topological polar surface area (TPSA) is 67.2 Å². The van der Waals surface area contributed by atoms with Gasteiger partial charge < -0.3 is 10.4 Å². The molecule has 1 aromatic heterocycles. The van der Waals surface area contributed by atoms with E-state index in [9.17, 15) is 4.79 Å². The number of aliphatic hydroxyl groups is 1. The highest BCUT2D eigenvalue weighted by Crippen LogP contribution is 2.17. The lowest BCUT2D eigenvalue weighted by atomic mass is 10.1. The molecule has 0 unspecified atom stereocenters. The molecular formula is C15H16BrN3O2. The second-order valence-electron chi connectivity index (χ2n) is 4.48. The van der Waals surface area contributed by atoms with Gasteiger partial charge in [0, 0.05) is 6.54 Å². The molecule has 0 fully saturated rings. The Labute approximate surface area is 131 Å². The molecule has 0 spiro atoms. The van der Waals surface area contributed by atoms with Crippen LogP contribution < -0.4 is 10.9 Å². The molecule has 0 atom stereocenters. The van der Waals surface area contributed by atoms with E-state index in [-0.39, 0.29) is 12.2 Å². The van der Waals surface area contributed by atoms with Gasteiger partial charge in [0.15, 0.2) is 0 Å². The quantitative estimate of drug-likeness (QED) is 0.785. The SMILES string of the molecule is C=CCn1ncc(NCc2ccc(CO)cc2)c(Br)c1=O. The van der Waals surface area contributed by atoms with E-state index in [4.69, 9.17) is 5.11 Å². The van der Waals surface area contributed by atoms with Crippen molar-refractivity contribution in [2.24, 2.45) is 0 Å². The molecule has 0 saturated carbocycles. The van der Waals surface area contributed by atoms with E-state index in [2.05, 4.69) is 32.9 Å². The standard InChI is InChI=1S/C15H16BrN3O2/c1-2-7-19-15(21)14(16)13(9-18-19)17-8-11-3-5-12(10-20)6-4-11/h2-6,9,17,20H,1,7-8,10H2. The minimum atomic E-state index is -0.199. The van der Waals surface area contributed by atoms with Crippen molar-refractivity contribution < 1.29 is 5.11 Å². The lowest BCUT2D eigenvalue weighted by molar-refractivity contribution is 0.282. The van der Waals surface area contributed by atoms with Gasteiger partial charge in [-0.3, -0.25) is 4.79 Å². The maximum Gasteiger partial charge on any atom is 0.283 e. The summed E-state index contributed by atoms with van der Waals surface area (Å²) in [5.41, 5.74) is 2.37. The molecule has 1 aromatic carbocycles. The van der Waals surface area contributed by atoms with Crippen LogP contribution in [0.3, 0.4) is 0 Å². The molecule has 0 radical (unpaired) electrons. The first-order valence-corrected chi connectivity index (χ1v) is 7.24. The van der Waals surface area contributed by atoms with Crippen molar-refractivity contribution in [2.75, 3.05) is 5.32 Å². The summed E-state index contributed by atoms with van der Waals surface area (Å²) in [7, 11) is 0. The van der Waals surface area contributed by atoms with E-state index < -0.39 is 0 Å². The van der Waals surface area contributed by atoms with Gasteiger partial charge >= 0.3 is 0 Å². The smallest absolute Gasteiger partial charge is 0.283 e. The maximum atomic E-state index is 12.0. The highest BCUT2D eigenvalue weighted by Gasteiger charge is 2.07. The molecule has 0 aliphatic heterocycles. The van der Waals surface area contributed by atoms with Gasteiger partial charge in [-0.2, -0.15) is 5.10 Å². The molecular weight excluding hydrogens is 334 g/mol. The number of anilines is 1. The first kappa shape index (κ1) is 15.5. The van der Waals surface area contributed by atoms with E-state index in [1.165, 1.54) is 4.68 Å². The summed E-state index contributed by atoms with van der Waals surface area (Å²) >= 11 is 3.29. The second-order valence-corrected chi connectivity index (χ2v) is 5.27. The van der Waals surface area contributed by atoms with Crippen molar-refractivity contribution in [3.8, 4) is 0 Å². The Morgan fingerprint density at radius 1 is 1.33 bits per heavy atom. The third kappa shape index (κ3) is 3.80. The van der Waals surface area contributed by atoms with Gasteiger partial charge in [0.2, 0.25) is 0 Å². The summed E-state index contributed by atoms with van der Waals surface area (Å²) in [5, 5.41) is 16.2. The summed E-state index contributed by atoms with van der Waals surface area (Å²) < 4.78 is 1.78. The molecule has 0 aliphatic rings. The lowest BCUT2D eigenvalue weighted by Gasteiger charge is -2.10. The van der Waals surface area contributed by atoms with Gasteiger partial charge in [-0.1, -0.05) is 30.3 Å². The highest BCUT2D eigenvalue weighted by molar-refractivity contribution is 9.10. The number of aliphatic hydroxyl groups excluding tert-OH is 1. The molecule has 2 aromatic rings. The number of nitrogens with one attached hydrogen (secondary N) is 1. The van der Waals surface area contributed by atoms with Crippen LogP contribution in [0, 0.1) is 0 Å². The number of benzene rings is 1. The zero-order chi connectivity index (χ0) is 15.2. The Bertz CT molecular complexity index is 680. The number of hydrogen-bond acceptors (Lipinski definition) is 4. The van der Waals surface area contributed by atoms with Crippen LogP contribution in [0.25, 0.3) is 0 Å². The Balaban J connectivity index is 2.10. The van der Waals surface area contributed by atoms with Gasteiger partial charge in [-0.05, 0) is 27.1 Å². The third-order valence-corrected chi connectivity index (χ3v) is 3.74. The van der Waals surface area contributed by atoms with E-state index in [1.807, 2.05) is 24.3 Å². The van der Waals surface area contributed by atoms with Crippen LogP contribution in [0.15, 0.2) is 52.4 Å². The number of aromatic nitrogens is 2. The molecule has 110 valence electrons. The largest absolute Gasteiger partial charge is 0.392 e. The fourth-order valence-corrected chi connectivity index (χ4v) is 2.25. The highest BCUT2D eigenvalue weighted by atomic mass is 79.9. The van der Waals surface area contributed by atoms with Gasteiger partial charge in [0.05, 0.1) is 25.0 Å². The molecule has 21 heavy (non-hydrogen) atoms. The van der Waals surface area contributed by atoms with Gasteiger partial charge in [0.1, 0.15) is 4.47 Å². The minimum Gasteiger partial charge on any atom is -0.392 e. The zero-order valence-electron chi connectivity index (χ0n) is 11.4. The van der Waals surface area contributed by atoms with Crippen molar-refractivity contribution in [1.29, 1.82) is 0 Å². The first-order valence-electron chi connectivity index (χ1n) is 6.44. The average Bonchev–Trinajstić information content (AvgIpc) is 2.52. The average molecular weight is 350 g/mol. The summed E-state index contributed by atoms with van der Waals surface area (Å²) in [6.45, 7) is 4.56. The molecule has 2 N–H and O–H groups in total. The summed E-state index contributed by atoms with van der Waals surface area (Å²) in [5.74, 6) is 0. The number of halogens is 1. The summed E-state index contributed by atoms with van der Waals surface area (Å²) in [6.07, 6.45) is 3.23. The molecule has 0 aliphatic carbocycles. The Kier molecular flexibility index (Phi) is 5.30. The van der Waals surface area contributed by atoms with Crippen LogP contribution in [0.1, 0.15) is 11.1 Å². The van der Waals surface area contributed by atoms with Crippen LogP contribution in [0.2, 0.25) is 0 Å². The van der Waals surface area contributed by atoms with Crippen LogP contribution >= 0.6 is 15.9 Å². The molecule has 0 bridgehead atoms. The second kappa shape index (κ2) is 7.19. The predicted molar refractivity (Wildman–Crippen MR) is 86.1 cm³/mol. The fourth-order valence-electron chi connectivity index (χ4n) is 1.80. The molecule has 5 nitrogen and oxygen atoms in total. The van der Waals surface area contributed by atoms with E-state index >= 15 is 0 Å². The van der Waals surface area contributed by atoms with Crippen molar-refractivity contribution in [1.82, 2.24) is 9.78 Å². The van der Waals surface area contributed by atoms with Gasteiger partial charge in [0.25, 0.3) is 5.56 Å². The van der Waals surface area contributed by atoms with Gasteiger partial charge in [-0.15, -0.1) is 6.58 Å². The Morgan fingerprint density at radius 3 is 2.62 bits per heavy atom. The van der Waals surface area contributed by atoms with Crippen LogP contribution in [0.4, 0.5) is 5.69 Å². The summed E-state index contributed by atoms with van der Waals surface area (Å²) in [4.78, 5) is 12.0. The van der Waals surface area contributed by atoms with Gasteiger partial charge in [-0.25, -0.2) is 4.68 Å². The zero-order valence-corrected chi connectivity index (χ0v) is 13.0. The monoisotopic (exact) mass is 349 g/mol. The lowest BCUT2D eigenvalue weighted by Crippen LogP contribution is -2.23. The fraction of sp³-hybridized carbons (Fsp3) is 0.200. The third-order valence-electron chi connectivity index (χ3n) is 2.98. The van der Waals surface area contributed by atoms with Crippen molar-refractivity contribution in [3.05, 3.63) is 69.1 Å². The van der Waals surface area contributed by atoms with Crippen LogP contribution in [0.5, 0.6) is 0 Å². The van der Waals surface area contributed by atoms with E-state index in [0.29, 0.717) is 23.2 Å². The minimum absolute atomic E-state index is 0.0324. The number of rotatable bonds is 6. The normalized spacial score (nSPS) is 10.4. The molecule has 1 heterocycles. The Morgan fingerprint density at radius 2 is 2.00 bits per heavy atom. The molecule has 2 rings (SSSR count). The predicted octanol–water partition coefficient (Wildman–Crippen LogP) is 2.30.